The van der Waals surface area contributed by atoms with Crippen molar-refractivity contribution in [3.63, 3.8) is 0 Å². The Morgan fingerprint density at radius 1 is 0.655 bits per heavy atom. The molecule has 0 spiro atoms. The molecule has 0 fully saturated rings. The van der Waals surface area contributed by atoms with Gasteiger partial charge in [-0.2, -0.15) is 13.2 Å². The maximum absolute atomic E-state index is 11.9. The summed E-state index contributed by atoms with van der Waals surface area (Å²) in [7, 11) is 0. The van der Waals surface area contributed by atoms with Gasteiger partial charge in [-0.15, -0.1) is 0 Å². The highest BCUT2D eigenvalue weighted by Crippen LogP contribution is 2.36. The van der Waals surface area contributed by atoms with Crippen LogP contribution in [0.25, 0.3) is 21.8 Å². The van der Waals surface area contributed by atoms with Crippen molar-refractivity contribution in [3.05, 3.63) is 191 Å². The molecule has 12 heteroatoms. The first-order valence-corrected chi connectivity index (χ1v) is 18.0. The summed E-state index contributed by atoms with van der Waals surface area (Å²) in [6.45, 7) is 5.95. The van der Waals surface area contributed by atoms with Crippen molar-refractivity contribution >= 4 is 39.5 Å². The van der Waals surface area contributed by atoms with Gasteiger partial charge in [0, 0.05) is 45.7 Å². The van der Waals surface area contributed by atoms with Crippen LogP contribution in [0.5, 0.6) is 11.5 Å². The summed E-state index contributed by atoms with van der Waals surface area (Å²) in [6, 6.07) is 36.7. The number of aryl methyl sites for hydroxylation is 3. The highest BCUT2D eigenvalue weighted by molar-refractivity contribution is 5.86. The number of fused-ring (bicyclic) bond motifs is 2. The van der Waals surface area contributed by atoms with Gasteiger partial charge in [0.25, 0.3) is 0 Å². The van der Waals surface area contributed by atoms with Gasteiger partial charge in [-0.1, -0.05) is 78.4 Å². The highest BCUT2D eigenvalue weighted by atomic mass is 19.4. The van der Waals surface area contributed by atoms with Crippen LogP contribution < -0.4 is 11.1 Å². The number of halogens is 3. The second kappa shape index (κ2) is 19.5. The average Bonchev–Trinajstić information content (AvgIpc) is 3.23. The van der Waals surface area contributed by atoms with Crippen LogP contribution in [0, 0.1) is 20.8 Å². The van der Waals surface area contributed by atoms with Crippen LogP contribution in [0.1, 0.15) is 50.0 Å². The second-order valence-corrected chi connectivity index (χ2v) is 13.1. The number of hydrogen-bond donors (Lipinski definition) is 4. The molecule has 4 aromatic heterocycles. The maximum atomic E-state index is 11.9. The van der Waals surface area contributed by atoms with Gasteiger partial charge in [-0.25, -0.2) is 0 Å². The third kappa shape index (κ3) is 11.6. The number of anilines is 2. The number of carbonyl (C=O) groups excluding carboxylic acids is 1. The summed E-state index contributed by atoms with van der Waals surface area (Å²) < 4.78 is 35.8. The molecule has 0 saturated carbocycles. The summed E-state index contributed by atoms with van der Waals surface area (Å²) in [5.74, 6) is 0.439. The summed E-state index contributed by atoms with van der Waals surface area (Å²) in [5.41, 5.74) is 12.7. The Hall–Kier alpha value is -7.34. The predicted molar refractivity (Wildman–Crippen MR) is 223 cm³/mol. The van der Waals surface area contributed by atoms with Crippen LogP contribution in [0.15, 0.2) is 152 Å². The lowest BCUT2D eigenvalue weighted by molar-refractivity contribution is -0.137. The predicted octanol–water partition coefficient (Wildman–Crippen LogP) is 10.6. The fourth-order valence-electron chi connectivity index (χ4n) is 5.52. The zero-order valence-corrected chi connectivity index (χ0v) is 31.9. The van der Waals surface area contributed by atoms with E-state index in [-0.39, 0.29) is 23.1 Å². The molecule has 0 aliphatic carbocycles. The number of nitrogens with one attached hydrogen (secondary N) is 1. The SMILES string of the molecule is Cc1ccc(C(Nc2ccc(C)nc2)c2ccc3cccnc3c2O)cc1.Cc1ccc(N)cn1.O=Cc1ccc(C(F)(F)F)cc1.Oc1cccc2cccnc12. The molecule has 0 saturated heterocycles. The quantitative estimate of drug-likeness (QED) is 0.125. The number of pyridine rings is 4. The molecule has 8 aromatic rings. The number of hydrogen-bond acceptors (Lipinski definition) is 9. The number of rotatable bonds is 5. The van der Waals surface area contributed by atoms with E-state index in [0.717, 1.165) is 68.9 Å². The third-order valence-electron chi connectivity index (χ3n) is 8.64. The molecule has 0 amide bonds. The number of aromatic nitrogens is 4. The van der Waals surface area contributed by atoms with Crippen molar-refractivity contribution in [2.24, 2.45) is 0 Å². The Morgan fingerprint density at radius 3 is 1.81 bits per heavy atom. The smallest absolute Gasteiger partial charge is 0.416 e. The fourth-order valence-corrected chi connectivity index (χ4v) is 5.52. The number of aromatic hydroxyl groups is 2. The van der Waals surface area contributed by atoms with E-state index in [9.17, 15) is 28.2 Å². The Kier molecular flexibility index (Phi) is 14.1. The summed E-state index contributed by atoms with van der Waals surface area (Å²) in [4.78, 5) is 26.8. The lowest BCUT2D eigenvalue weighted by Crippen LogP contribution is -2.13. The Morgan fingerprint density at radius 2 is 1.26 bits per heavy atom. The maximum Gasteiger partial charge on any atom is 0.416 e. The minimum atomic E-state index is -4.33. The Balaban J connectivity index is 0.000000170. The van der Waals surface area contributed by atoms with Crippen molar-refractivity contribution < 1.29 is 28.2 Å². The number of para-hydroxylation sites is 1. The second-order valence-electron chi connectivity index (χ2n) is 13.1. The number of nitrogen functional groups attached to an aromatic ring is 1. The molecule has 4 aromatic carbocycles. The van der Waals surface area contributed by atoms with Crippen molar-refractivity contribution in [1.29, 1.82) is 0 Å². The minimum Gasteiger partial charge on any atom is -0.506 e. The molecule has 8 rings (SSSR count). The first-order chi connectivity index (χ1) is 27.8. The minimum absolute atomic E-state index is 0.200. The standard InChI is InChI=1S/C23H21N3O.C9H7NO.C8H5F3O.C6H8N2/c1-15-5-8-18(9-6-15)21(26-19-11-7-16(2)25-14-19)20-12-10-17-4-3-13-24-22(17)23(20)27;11-8-5-1-3-7-4-2-6-10-9(7)8;9-8(10,11)7-3-1-6(5-12)2-4-7;1-5-2-3-6(7)4-8-5/h3-14,21,26-27H,1-2H3;1-6,11H;1-5H;2-4H,7H2,1H3. The third-order valence-corrected chi connectivity index (χ3v) is 8.64. The van der Waals surface area contributed by atoms with Crippen LogP contribution in [0.3, 0.4) is 0 Å². The summed E-state index contributed by atoms with van der Waals surface area (Å²) >= 11 is 0. The fraction of sp³-hybridized carbons (Fsp3) is 0.109. The zero-order valence-electron chi connectivity index (χ0n) is 31.9. The van der Waals surface area contributed by atoms with Crippen LogP contribution in [0.4, 0.5) is 24.5 Å². The van der Waals surface area contributed by atoms with E-state index in [4.69, 9.17) is 5.73 Å². The van der Waals surface area contributed by atoms with Crippen LogP contribution in [-0.4, -0.2) is 36.4 Å². The first-order valence-electron chi connectivity index (χ1n) is 18.0. The zero-order chi connectivity index (χ0) is 41.7. The topological polar surface area (TPSA) is 147 Å². The summed E-state index contributed by atoms with van der Waals surface area (Å²) in [6.07, 6.45) is 3.00. The Labute approximate surface area is 333 Å². The molecule has 5 N–H and O–H groups in total. The number of phenolic OH excluding ortho intramolecular Hbond substituents is 2. The van der Waals surface area contributed by atoms with E-state index in [2.05, 4.69) is 56.4 Å². The number of aldehydes is 1. The molecule has 1 unspecified atom stereocenters. The molecule has 0 aliphatic rings. The molecule has 294 valence electrons. The van der Waals surface area contributed by atoms with E-state index in [1.54, 1.807) is 30.7 Å². The van der Waals surface area contributed by atoms with Gasteiger partial charge in [0.05, 0.1) is 35.4 Å². The van der Waals surface area contributed by atoms with E-state index < -0.39 is 11.7 Å². The lowest BCUT2D eigenvalue weighted by atomic mass is 9.95. The van der Waals surface area contributed by atoms with Gasteiger partial charge in [0.2, 0.25) is 0 Å². The molecular weight excluding hydrogens is 742 g/mol. The van der Waals surface area contributed by atoms with Gasteiger partial charge in [-0.05, 0) is 80.9 Å². The van der Waals surface area contributed by atoms with Gasteiger partial charge >= 0.3 is 6.18 Å². The average molecular weight is 783 g/mol. The molecule has 58 heavy (non-hydrogen) atoms. The molecule has 0 radical (unpaired) electrons. The van der Waals surface area contributed by atoms with E-state index in [0.29, 0.717) is 17.3 Å². The van der Waals surface area contributed by atoms with E-state index in [1.807, 2.05) is 86.8 Å². The van der Waals surface area contributed by atoms with Gasteiger partial charge in [-0.3, -0.25) is 24.7 Å². The molecule has 0 bridgehead atoms. The van der Waals surface area contributed by atoms with Crippen molar-refractivity contribution in [3.8, 4) is 11.5 Å². The Bertz CT molecular complexity index is 2520. The van der Waals surface area contributed by atoms with Gasteiger partial charge in [0.15, 0.2) is 0 Å². The number of phenols is 2. The van der Waals surface area contributed by atoms with Crippen LogP contribution >= 0.6 is 0 Å². The van der Waals surface area contributed by atoms with Crippen molar-refractivity contribution in [2.75, 3.05) is 11.1 Å². The van der Waals surface area contributed by atoms with E-state index >= 15 is 0 Å². The summed E-state index contributed by atoms with van der Waals surface area (Å²) in [5, 5.41) is 25.6. The van der Waals surface area contributed by atoms with Crippen LogP contribution in [0.2, 0.25) is 0 Å². The number of alkyl halides is 3. The molecule has 4 heterocycles. The van der Waals surface area contributed by atoms with Crippen molar-refractivity contribution in [1.82, 2.24) is 19.9 Å². The van der Waals surface area contributed by atoms with Gasteiger partial charge in [0.1, 0.15) is 28.8 Å². The molecule has 1 atom stereocenters. The molecule has 0 aliphatic heterocycles. The van der Waals surface area contributed by atoms with E-state index in [1.165, 1.54) is 5.56 Å². The largest absolute Gasteiger partial charge is 0.506 e. The monoisotopic (exact) mass is 782 g/mol. The highest BCUT2D eigenvalue weighted by Gasteiger charge is 2.29. The number of benzene rings is 4. The first kappa shape index (κ1) is 41.8. The number of carbonyl (C=O) groups is 1. The van der Waals surface area contributed by atoms with Crippen LogP contribution in [-0.2, 0) is 6.18 Å². The van der Waals surface area contributed by atoms with Crippen molar-refractivity contribution in [2.45, 2.75) is 33.0 Å². The molecule has 9 nitrogen and oxygen atoms in total. The lowest BCUT2D eigenvalue weighted by Gasteiger charge is -2.22. The molecular formula is C46H41F3N6O3. The normalized spacial score (nSPS) is 11.1. The number of nitrogens with zero attached hydrogens (tertiary/aromatic N) is 4. The number of nitrogens with two attached hydrogens (primary N) is 1. The van der Waals surface area contributed by atoms with Gasteiger partial charge < -0.3 is 21.3 Å².